The first kappa shape index (κ1) is 13.3. The van der Waals surface area contributed by atoms with Crippen molar-refractivity contribution in [2.45, 2.75) is 25.7 Å². The van der Waals surface area contributed by atoms with Crippen LogP contribution in [0.3, 0.4) is 0 Å². The van der Waals surface area contributed by atoms with Crippen LogP contribution in [0.1, 0.15) is 24.0 Å². The van der Waals surface area contributed by atoms with E-state index >= 15 is 0 Å². The molecule has 3 aliphatic rings. The van der Waals surface area contributed by atoms with Gasteiger partial charge in [-0.15, -0.1) is 0 Å². The Kier molecular flexibility index (Phi) is 2.70. The quantitative estimate of drug-likeness (QED) is 0.703. The summed E-state index contributed by atoms with van der Waals surface area (Å²) in [5, 5.41) is 0. The average Bonchev–Trinajstić information content (AvgIpc) is 3.18. The second-order valence-corrected chi connectivity index (χ2v) is 7.47. The number of benzene rings is 2. The Bertz CT molecular complexity index is 817. The molecule has 23 heavy (non-hydrogen) atoms. The van der Waals surface area contributed by atoms with Gasteiger partial charge in [0, 0.05) is 11.8 Å². The lowest BCUT2D eigenvalue weighted by atomic mass is 9.63. The van der Waals surface area contributed by atoms with Gasteiger partial charge in [0.05, 0.1) is 0 Å². The third-order valence-corrected chi connectivity index (χ3v) is 6.23. The second-order valence-electron chi connectivity index (χ2n) is 7.47. The van der Waals surface area contributed by atoms with Crippen LogP contribution in [0.2, 0.25) is 0 Å². The maximum absolute atomic E-state index is 12.9. The predicted molar refractivity (Wildman–Crippen MR) is 92.1 cm³/mol. The zero-order chi connectivity index (χ0) is 15.4. The third kappa shape index (κ3) is 1.89. The smallest absolute Gasteiger partial charge is 0.144 e. The minimum atomic E-state index is -0.0955. The van der Waals surface area contributed by atoms with Gasteiger partial charge in [-0.1, -0.05) is 60.7 Å². The van der Waals surface area contributed by atoms with Gasteiger partial charge in [0.15, 0.2) is 0 Å². The van der Waals surface area contributed by atoms with E-state index < -0.39 is 0 Å². The number of rotatable bonds is 1. The Morgan fingerprint density at radius 2 is 1.78 bits per heavy atom. The van der Waals surface area contributed by atoms with E-state index in [2.05, 4.69) is 60.7 Å². The fraction of sp³-hybridized carbons (Fsp3) is 0.318. The Labute approximate surface area is 137 Å². The van der Waals surface area contributed by atoms with E-state index in [1.807, 2.05) is 0 Å². The van der Waals surface area contributed by atoms with Crippen LogP contribution in [0.4, 0.5) is 0 Å². The van der Waals surface area contributed by atoms with Crippen molar-refractivity contribution in [3.63, 3.8) is 0 Å². The van der Waals surface area contributed by atoms with E-state index in [1.54, 1.807) is 0 Å². The molecule has 3 atom stereocenters. The predicted octanol–water partition coefficient (Wildman–Crippen LogP) is 4.60. The molecule has 2 aromatic rings. The molecule has 1 fully saturated rings. The molecule has 0 amide bonds. The fourth-order valence-electron chi connectivity index (χ4n) is 5.04. The highest BCUT2D eigenvalue weighted by Crippen LogP contribution is 2.56. The highest BCUT2D eigenvalue weighted by Gasteiger charge is 2.54. The Morgan fingerprint density at radius 3 is 2.52 bits per heavy atom. The Hall–Kier alpha value is -2.15. The van der Waals surface area contributed by atoms with Gasteiger partial charge in [-0.25, -0.2) is 0 Å². The molecule has 1 spiro atoms. The van der Waals surface area contributed by atoms with Crippen LogP contribution in [0.15, 0.2) is 60.7 Å². The molecule has 1 heteroatoms. The van der Waals surface area contributed by atoms with Crippen LogP contribution in [0.5, 0.6) is 0 Å². The van der Waals surface area contributed by atoms with Gasteiger partial charge in [-0.3, -0.25) is 4.79 Å². The molecular formula is C22H20O. The molecule has 1 saturated carbocycles. The summed E-state index contributed by atoms with van der Waals surface area (Å²) in [6.45, 7) is 0. The number of fused-ring (bicyclic) bond motifs is 4. The molecule has 3 aliphatic carbocycles. The Morgan fingerprint density at radius 1 is 0.913 bits per heavy atom. The van der Waals surface area contributed by atoms with Crippen LogP contribution in [0, 0.1) is 17.3 Å². The average molecular weight is 300 g/mol. The number of ketones is 1. The van der Waals surface area contributed by atoms with Gasteiger partial charge < -0.3 is 0 Å². The molecule has 0 aromatic heterocycles. The molecule has 114 valence electrons. The van der Waals surface area contributed by atoms with Crippen molar-refractivity contribution in [3.05, 3.63) is 71.8 Å². The number of hydrogen-bond donors (Lipinski definition) is 0. The van der Waals surface area contributed by atoms with Crippen molar-refractivity contribution >= 4 is 5.78 Å². The number of carbonyl (C=O) groups is 1. The summed E-state index contributed by atoms with van der Waals surface area (Å²) >= 11 is 0. The summed E-state index contributed by atoms with van der Waals surface area (Å²) in [6, 6.07) is 17.2. The molecule has 0 aliphatic heterocycles. The molecule has 0 radical (unpaired) electrons. The van der Waals surface area contributed by atoms with E-state index in [9.17, 15) is 4.79 Å². The summed E-state index contributed by atoms with van der Waals surface area (Å²) in [4.78, 5) is 12.9. The number of carbonyl (C=O) groups excluding carboxylic acids is 1. The molecule has 3 unspecified atom stereocenters. The summed E-state index contributed by atoms with van der Waals surface area (Å²) in [5.41, 5.74) is 5.07. The lowest BCUT2D eigenvalue weighted by Crippen LogP contribution is -2.41. The highest BCUT2D eigenvalue weighted by molar-refractivity contribution is 5.90. The fourth-order valence-corrected chi connectivity index (χ4v) is 5.04. The standard InChI is InChI=1S/C22H20O/c23-21-12-18-8-7-17(16-4-2-1-3-5-16)11-19(18)14-22(21)13-15-6-9-20(22)10-15/h1-9,11,15,20H,10,12-14H2. The first-order valence-electron chi connectivity index (χ1n) is 8.63. The normalized spacial score (nSPS) is 30.9. The maximum atomic E-state index is 12.9. The highest BCUT2D eigenvalue weighted by atomic mass is 16.1. The number of Topliss-reactive ketones (excluding diaryl/α,β-unsaturated/α-hetero) is 1. The molecule has 0 saturated heterocycles. The Balaban J connectivity index is 1.57. The van der Waals surface area contributed by atoms with Crippen LogP contribution in [0.25, 0.3) is 11.1 Å². The minimum absolute atomic E-state index is 0.0955. The van der Waals surface area contributed by atoms with Crippen molar-refractivity contribution in [2.75, 3.05) is 0 Å². The van der Waals surface area contributed by atoms with Crippen LogP contribution in [-0.2, 0) is 17.6 Å². The number of hydrogen-bond acceptors (Lipinski definition) is 1. The number of allylic oxidation sites excluding steroid dienone is 2. The second kappa shape index (κ2) is 4.67. The van der Waals surface area contributed by atoms with Gasteiger partial charge >= 0.3 is 0 Å². The van der Waals surface area contributed by atoms with E-state index in [0.29, 0.717) is 24.0 Å². The van der Waals surface area contributed by atoms with Crippen molar-refractivity contribution < 1.29 is 4.79 Å². The first-order chi connectivity index (χ1) is 11.2. The van der Waals surface area contributed by atoms with Crippen molar-refractivity contribution in [3.8, 4) is 11.1 Å². The summed E-state index contributed by atoms with van der Waals surface area (Å²) in [7, 11) is 0. The van der Waals surface area contributed by atoms with Crippen molar-refractivity contribution in [1.82, 2.24) is 0 Å². The molecule has 2 aromatic carbocycles. The summed E-state index contributed by atoms with van der Waals surface area (Å²) < 4.78 is 0. The monoisotopic (exact) mass is 300 g/mol. The van der Waals surface area contributed by atoms with Crippen LogP contribution < -0.4 is 0 Å². The van der Waals surface area contributed by atoms with Gasteiger partial charge in [0.25, 0.3) is 0 Å². The van der Waals surface area contributed by atoms with Gasteiger partial charge in [0.2, 0.25) is 0 Å². The minimum Gasteiger partial charge on any atom is -0.299 e. The van der Waals surface area contributed by atoms with Crippen LogP contribution in [-0.4, -0.2) is 5.78 Å². The topological polar surface area (TPSA) is 17.1 Å². The zero-order valence-corrected chi connectivity index (χ0v) is 13.2. The SMILES string of the molecule is O=C1Cc2ccc(-c3ccccc3)cc2CC12CC1C=CC2C1. The maximum Gasteiger partial charge on any atom is 0.144 e. The van der Waals surface area contributed by atoms with E-state index in [0.717, 1.165) is 12.8 Å². The lowest BCUT2D eigenvalue weighted by Gasteiger charge is -2.38. The summed E-state index contributed by atoms with van der Waals surface area (Å²) in [6.07, 6.45) is 8.48. The van der Waals surface area contributed by atoms with Crippen LogP contribution >= 0.6 is 0 Å². The van der Waals surface area contributed by atoms with E-state index in [4.69, 9.17) is 0 Å². The van der Waals surface area contributed by atoms with E-state index in [-0.39, 0.29) is 5.41 Å². The molecule has 5 rings (SSSR count). The third-order valence-electron chi connectivity index (χ3n) is 6.23. The zero-order valence-electron chi connectivity index (χ0n) is 13.2. The molecule has 1 nitrogen and oxygen atoms in total. The molecule has 2 bridgehead atoms. The molecular weight excluding hydrogens is 280 g/mol. The van der Waals surface area contributed by atoms with Crippen molar-refractivity contribution in [2.24, 2.45) is 17.3 Å². The molecule has 0 N–H and O–H groups in total. The van der Waals surface area contributed by atoms with Gasteiger partial charge in [0.1, 0.15) is 5.78 Å². The van der Waals surface area contributed by atoms with E-state index in [1.165, 1.54) is 28.7 Å². The lowest BCUT2D eigenvalue weighted by molar-refractivity contribution is -0.130. The van der Waals surface area contributed by atoms with Crippen molar-refractivity contribution in [1.29, 1.82) is 0 Å². The van der Waals surface area contributed by atoms with Gasteiger partial charge in [-0.05, 0) is 53.4 Å². The van der Waals surface area contributed by atoms with Gasteiger partial charge in [-0.2, -0.15) is 0 Å². The molecule has 0 heterocycles. The first-order valence-corrected chi connectivity index (χ1v) is 8.63. The largest absolute Gasteiger partial charge is 0.299 e. The summed E-state index contributed by atoms with van der Waals surface area (Å²) in [5.74, 6) is 1.60.